The van der Waals surface area contributed by atoms with Gasteiger partial charge in [-0.05, 0) is 28.4 Å². The molecule has 0 amide bonds. The lowest BCUT2D eigenvalue weighted by atomic mass is 10.4. The highest BCUT2D eigenvalue weighted by molar-refractivity contribution is 9.10. The van der Waals surface area contributed by atoms with Gasteiger partial charge in [0.05, 0.1) is 15.9 Å². The Morgan fingerprint density at radius 1 is 1.53 bits per heavy atom. The van der Waals surface area contributed by atoms with Gasteiger partial charge >= 0.3 is 0 Å². The minimum Gasteiger partial charge on any atom is -0.396 e. The predicted octanol–water partition coefficient (Wildman–Crippen LogP) is 0.968. The second-order valence-electron chi connectivity index (χ2n) is 2.85. The van der Waals surface area contributed by atoms with Crippen LogP contribution in [0.5, 0.6) is 0 Å². The van der Waals surface area contributed by atoms with Gasteiger partial charge in [0, 0.05) is 19.0 Å². The number of aliphatic hydroxyl groups excluding tert-OH is 1. The molecular weight excluding hydrogens is 284 g/mol. The fourth-order valence-corrected chi connectivity index (χ4v) is 2.54. The molecule has 0 spiro atoms. The van der Waals surface area contributed by atoms with Crippen LogP contribution in [0.15, 0.2) is 22.9 Å². The van der Waals surface area contributed by atoms with E-state index in [4.69, 9.17) is 5.11 Å². The maximum absolute atomic E-state index is 11.4. The van der Waals surface area contributed by atoms with Crippen LogP contribution in [-0.2, 0) is 10.0 Å². The zero-order valence-electron chi connectivity index (χ0n) is 7.85. The molecule has 0 fully saturated rings. The minimum absolute atomic E-state index is 0.0989. The minimum atomic E-state index is -3.39. The van der Waals surface area contributed by atoms with Crippen molar-refractivity contribution in [2.75, 3.05) is 17.1 Å². The summed E-state index contributed by atoms with van der Waals surface area (Å²) in [5.74, 6) is -0.0989. The third-order valence-electron chi connectivity index (χ3n) is 1.61. The van der Waals surface area contributed by atoms with E-state index in [1.54, 1.807) is 6.07 Å². The van der Waals surface area contributed by atoms with E-state index in [1.807, 2.05) is 0 Å². The molecule has 0 atom stereocenters. The molecule has 2 N–H and O–H groups in total. The standard InChI is InChI=1S/C8H11BrN2O3S/c9-7-6-10-3-2-8(7)11-15(13,14)5-1-4-12/h2-3,6,12H,1,4-5H2,(H,10,11). The van der Waals surface area contributed by atoms with Crippen LogP contribution in [0.4, 0.5) is 5.69 Å². The lowest BCUT2D eigenvalue weighted by Crippen LogP contribution is -2.17. The first-order valence-corrected chi connectivity index (χ1v) is 6.70. The van der Waals surface area contributed by atoms with Crippen molar-refractivity contribution in [3.05, 3.63) is 22.9 Å². The molecule has 0 unspecified atom stereocenters. The fourth-order valence-electron chi connectivity index (χ4n) is 0.931. The van der Waals surface area contributed by atoms with Gasteiger partial charge in [0.25, 0.3) is 0 Å². The van der Waals surface area contributed by atoms with E-state index >= 15 is 0 Å². The molecule has 5 nitrogen and oxygen atoms in total. The molecule has 84 valence electrons. The lowest BCUT2D eigenvalue weighted by Gasteiger charge is -2.08. The number of aromatic nitrogens is 1. The second-order valence-corrected chi connectivity index (χ2v) is 5.55. The maximum atomic E-state index is 11.4. The van der Waals surface area contributed by atoms with Crippen molar-refractivity contribution < 1.29 is 13.5 Å². The molecule has 0 aliphatic carbocycles. The number of nitrogens with zero attached hydrogens (tertiary/aromatic N) is 1. The van der Waals surface area contributed by atoms with Gasteiger partial charge in [0.2, 0.25) is 10.0 Å². The summed E-state index contributed by atoms with van der Waals surface area (Å²) in [4.78, 5) is 3.82. The van der Waals surface area contributed by atoms with E-state index < -0.39 is 10.0 Å². The van der Waals surface area contributed by atoms with Crippen LogP contribution in [0.2, 0.25) is 0 Å². The van der Waals surface area contributed by atoms with Crippen molar-refractivity contribution in [2.24, 2.45) is 0 Å². The average molecular weight is 295 g/mol. The van der Waals surface area contributed by atoms with Crippen molar-refractivity contribution in [1.82, 2.24) is 4.98 Å². The third-order valence-corrected chi connectivity index (χ3v) is 3.60. The molecule has 7 heteroatoms. The van der Waals surface area contributed by atoms with Crippen LogP contribution in [0, 0.1) is 0 Å². The summed E-state index contributed by atoms with van der Waals surface area (Å²) in [6.45, 7) is -0.140. The molecule has 0 radical (unpaired) electrons. The van der Waals surface area contributed by atoms with Gasteiger partial charge in [-0.3, -0.25) is 9.71 Å². The summed E-state index contributed by atoms with van der Waals surface area (Å²) >= 11 is 3.18. The Balaban J connectivity index is 2.74. The van der Waals surface area contributed by atoms with Crippen molar-refractivity contribution in [2.45, 2.75) is 6.42 Å². The summed E-state index contributed by atoms with van der Waals surface area (Å²) in [7, 11) is -3.39. The molecule has 0 aliphatic heterocycles. The van der Waals surface area contributed by atoms with Gasteiger partial charge in [-0.1, -0.05) is 0 Å². The quantitative estimate of drug-likeness (QED) is 0.848. The molecule has 0 saturated carbocycles. The highest BCUT2D eigenvalue weighted by Crippen LogP contribution is 2.21. The molecule has 1 aromatic heterocycles. The fraction of sp³-hybridized carbons (Fsp3) is 0.375. The molecule has 15 heavy (non-hydrogen) atoms. The van der Waals surface area contributed by atoms with E-state index in [9.17, 15) is 8.42 Å². The predicted molar refractivity (Wildman–Crippen MR) is 61.0 cm³/mol. The highest BCUT2D eigenvalue weighted by atomic mass is 79.9. The topological polar surface area (TPSA) is 79.3 Å². The number of hydrogen-bond acceptors (Lipinski definition) is 4. The summed E-state index contributed by atoms with van der Waals surface area (Å²) in [6, 6.07) is 1.56. The smallest absolute Gasteiger partial charge is 0.232 e. The Morgan fingerprint density at radius 3 is 2.87 bits per heavy atom. The third kappa shape index (κ3) is 4.15. The van der Waals surface area contributed by atoms with Crippen LogP contribution in [0.3, 0.4) is 0 Å². The largest absolute Gasteiger partial charge is 0.396 e. The number of hydrogen-bond donors (Lipinski definition) is 2. The van der Waals surface area contributed by atoms with Gasteiger partial charge in [0.15, 0.2) is 0 Å². The molecule has 0 aromatic carbocycles. The summed E-state index contributed by atoms with van der Waals surface area (Å²) in [5.41, 5.74) is 0.447. The number of pyridine rings is 1. The van der Waals surface area contributed by atoms with Gasteiger partial charge in [0.1, 0.15) is 0 Å². The SMILES string of the molecule is O=S(=O)(CCCO)Nc1ccncc1Br. The zero-order chi connectivity index (χ0) is 11.3. The first kappa shape index (κ1) is 12.4. The number of sulfonamides is 1. The molecule has 1 aromatic rings. The van der Waals surface area contributed by atoms with Crippen LogP contribution in [0.25, 0.3) is 0 Å². The molecule has 1 rings (SSSR count). The summed E-state index contributed by atoms with van der Waals surface area (Å²) < 4.78 is 25.9. The molecule has 0 bridgehead atoms. The Labute approximate surface area is 96.7 Å². The van der Waals surface area contributed by atoms with Crippen molar-refractivity contribution in [3.8, 4) is 0 Å². The van der Waals surface area contributed by atoms with Crippen molar-refractivity contribution >= 4 is 31.6 Å². The van der Waals surface area contributed by atoms with Crippen LogP contribution >= 0.6 is 15.9 Å². The number of rotatable bonds is 5. The Kier molecular flexibility index (Phi) is 4.49. The zero-order valence-corrected chi connectivity index (χ0v) is 10.3. The van der Waals surface area contributed by atoms with E-state index in [1.165, 1.54) is 12.4 Å². The van der Waals surface area contributed by atoms with Gasteiger partial charge in [-0.2, -0.15) is 0 Å². The van der Waals surface area contributed by atoms with Crippen molar-refractivity contribution in [3.63, 3.8) is 0 Å². The molecule has 0 aliphatic rings. The summed E-state index contributed by atoms with van der Waals surface area (Å²) in [6.07, 6.45) is 3.22. The van der Waals surface area contributed by atoms with Crippen LogP contribution in [-0.4, -0.2) is 30.9 Å². The van der Waals surface area contributed by atoms with E-state index in [0.717, 1.165) is 0 Å². The molecule has 1 heterocycles. The van der Waals surface area contributed by atoms with E-state index in [-0.39, 0.29) is 18.8 Å². The Bertz CT molecular complexity index is 422. The average Bonchev–Trinajstić information content (AvgIpc) is 2.18. The first-order chi connectivity index (χ1) is 7.05. The Hall–Kier alpha value is -0.660. The lowest BCUT2D eigenvalue weighted by molar-refractivity contribution is 0.295. The molecule has 0 saturated heterocycles. The highest BCUT2D eigenvalue weighted by Gasteiger charge is 2.11. The number of aliphatic hydroxyl groups is 1. The Morgan fingerprint density at radius 2 is 2.27 bits per heavy atom. The summed E-state index contributed by atoms with van der Waals surface area (Å²) in [5, 5.41) is 8.54. The normalized spacial score (nSPS) is 11.3. The second kappa shape index (κ2) is 5.43. The molecular formula is C8H11BrN2O3S. The van der Waals surface area contributed by atoms with E-state index in [0.29, 0.717) is 10.2 Å². The number of nitrogens with one attached hydrogen (secondary N) is 1. The maximum Gasteiger partial charge on any atom is 0.232 e. The van der Waals surface area contributed by atoms with Crippen LogP contribution in [0.1, 0.15) is 6.42 Å². The van der Waals surface area contributed by atoms with Crippen molar-refractivity contribution in [1.29, 1.82) is 0 Å². The van der Waals surface area contributed by atoms with Gasteiger partial charge < -0.3 is 5.11 Å². The van der Waals surface area contributed by atoms with Gasteiger partial charge in [-0.15, -0.1) is 0 Å². The van der Waals surface area contributed by atoms with Crippen LogP contribution < -0.4 is 4.72 Å². The van der Waals surface area contributed by atoms with Gasteiger partial charge in [-0.25, -0.2) is 8.42 Å². The number of halogens is 1. The number of anilines is 1. The monoisotopic (exact) mass is 294 g/mol. The van der Waals surface area contributed by atoms with E-state index in [2.05, 4.69) is 25.6 Å². The first-order valence-electron chi connectivity index (χ1n) is 4.26.